The number of ether oxygens (including phenoxy) is 1. The third-order valence-corrected chi connectivity index (χ3v) is 2.27. The molecule has 1 aromatic rings. The van der Waals surface area contributed by atoms with Crippen LogP contribution in [0.2, 0.25) is 0 Å². The van der Waals surface area contributed by atoms with Crippen LogP contribution >= 0.6 is 15.9 Å². The Kier molecular flexibility index (Phi) is 3.25. The molecular formula is C8H9BrN2O2. The van der Waals surface area contributed by atoms with E-state index in [1.165, 1.54) is 13.3 Å². The third kappa shape index (κ3) is 2.42. The molecule has 5 heteroatoms. The minimum absolute atomic E-state index is 0.158. The molecule has 1 heterocycles. The number of carbonyl (C=O) groups excluding carboxylic acids is 1. The second-order valence-corrected chi connectivity index (χ2v) is 3.30. The van der Waals surface area contributed by atoms with Crippen molar-refractivity contribution in [2.24, 2.45) is 0 Å². The molecule has 0 fully saturated rings. The van der Waals surface area contributed by atoms with Gasteiger partial charge in [-0.15, -0.1) is 0 Å². The predicted octanol–water partition coefficient (Wildman–Crippen LogP) is 1.14. The monoisotopic (exact) mass is 244 g/mol. The zero-order valence-corrected chi connectivity index (χ0v) is 8.67. The maximum absolute atomic E-state index is 11.0. The quantitative estimate of drug-likeness (QED) is 0.793. The number of nitrogen functional groups attached to an aromatic ring is 1. The number of hydrogen-bond acceptors (Lipinski definition) is 4. The molecule has 0 radical (unpaired) electrons. The number of halogens is 1. The van der Waals surface area contributed by atoms with Gasteiger partial charge in [-0.2, -0.15) is 0 Å². The summed E-state index contributed by atoms with van der Waals surface area (Å²) >= 11 is 3.25. The Morgan fingerprint density at radius 1 is 1.69 bits per heavy atom. The topological polar surface area (TPSA) is 65.2 Å². The smallest absolute Gasteiger partial charge is 0.310 e. The standard InChI is InChI=1S/C8H9BrN2O2/c1-13-8(12)2-5-6(9)3-11-4-7(5)10/h3-4H,2,10H2,1H3. The van der Waals surface area contributed by atoms with E-state index in [4.69, 9.17) is 5.73 Å². The van der Waals surface area contributed by atoms with Gasteiger partial charge in [0.15, 0.2) is 0 Å². The number of aromatic nitrogens is 1. The SMILES string of the molecule is COC(=O)Cc1c(N)cncc1Br. The Morgan fingerprint density at radius 2 is 2.38 bits per heavy atom. The van der Waals surface area contributed by atoms with Crippen LogP contribution in [0.3, 0.4) is 0 Å². The first-order chi connectivity index (χ1) is 6.15. The molecule has 0 saturated heterocycles. The van der Waals surface area contributed by atoms with Crippen LogP contribution in [0.25, 0.3) is 0 Å². The maximum Gasteiger partial charge on any atom is 0.310 e. The van der Waals surface area contributed by atoms with Crippen molar-refractivity contribution in [2.45, 2.75) is 6.42 Å². The van der Waals surface area contributed by atoms with Gasteiger partial charge in [0.05, 0.1) is 25.4 Å². The summed E-state index contributed by atoms with van der Waals surface area (Å²) in [5.74, 6) is -0.321. The van der Waals surface area contributed by atoms with Crippen molar-refractivity contribution >= 4 is 27.6 Å². The van der Waals surface area contributed by atoms with Gasteiger partial charge in [0.25, 0.3) is 0 Å². The Morgan fingerprint density at radius 3 is 2.92 bits per heavy atom. The van der Waals surface area contributed by atoms with Crippen LogP contribution in [0.5, 0.6) is 0 Å². The molecule has 2 N–H and O–H groups in total. The normalized spacial score (nSPS) is 9.69. The van der Waals surface area contributed by atoms with Gasteiger partial charge >= 0.3 is 5.97 Å². The molecule has 13 heavy (non-hydrogen) atoms. The van der Waals surface area contributed by atoms with E-state index in [0.717, 1.165) is 4.47 Å². The van der Waals surface area contributed by atoms with Gasteiger partial charge in [0.1, 0.15) is 0 Å². The zero-order valence-electron chi connectivity index (χ0n) is 7.08. The molecule has 0 atom stereocenters. The summed E-state index contributed by atoms with van der Waals surface area (Å²) in [6, 6.07) is 0. The Labute approximate surface area is 84.2 Å². The summed E-state index contributed by atoms with van der Waals surface area (Å²) in [4.78, 5) is 14.8. The molecule has 1 rings (SSSR count). The molecule has 0 aliphatic rings. The van der Waals surface area contributed by atoms with Crippen molar-refractivity contribution in [1.29, 1.82) is 0 Å². The van der Waals surface area contributed by atoms with Gasteiger partial charge in [-0.25, -0.2) is 0 Å². The first-order valence-corrected chi connectivity index (χ1v) is 4.39. The molecule has 1 aromatic heterocycles. The van der Waals surface area contributed by atoms with Crippen LogP contribution in [-0.4, -0.2) is 18.1 Å². The van der Waals surface area contributed by atoms with Gasteiger partial charge in [0, 0.05) is 16.2 Å². The second kappa shape index (κ2) is 4.23. The van der Waals surface area contributed by atoms with E-state index >= 15 is 0 Å². The van der Waals surface area contributed by atoms with Crippen molar-refractivity contribution in [1.82, 2.24) is 4.98 Å². The molecule has 70 valence electrons. The number of nitrogens with two attached hydrogens (primary N) is 1. The fourth-order valence-electron chi connectivity index (χ4n) is 0.880. The highest BCUT2D eigenvalue weighted by Crippen LogP contribution is 2.21. The molecule has 0 aromatic carbocycles. The third-order valence-electron chi connectivity index (χ3n) is 1.59. The molecule has 0 aliphatic heterocycles. The fourth-order valence-corrected chi connectivity index (χ4v) is 1.37. The van der Waals surface area contributed by atoms with Crippen LogP contribution in [0, 0.1) is 0 Å². The van der Waals surface area contributed by atoms with Crippen molar-refractivity contribution in [2.75, 3.05) is 12.8 Å². The number of anilines is 1. The average Bonchev–Trinajstić information content (AvgIpc) is 2.11. The maximum atomic E-state index is 11.0. The highest BCUT2D eigenvalue weighted by Gasteiger charge is 2.09. The van der Waals surface area contributed by atoms with E-state index in [9.17, 15) is 4.79 Å². The molecule has 0 spiro atoms. The van der Waals surface area contributed by atoms with Crippen molar-refractivity contribution in [3.63, 3.8) is 0 Å². The van der Waals surface area contributed by atoms with E-state index in [2.05, 4.69) is 25.7 Å². The number of hydrogen-bond donors (Lipinski definition) is 1. The number of rotatable bonds is 2. The molecular weight excluding hydrogens is 236 g/mol. The van der Waals surface area contributed by atoms with Crippen LogP contribution in [-0.2, 0) is 16.0 Å². The lowest BCUT2D eigenvalue weighted by Gasteiger charge is -2.05. The van der Waals surface area contributed by atoms with Crippen LogP contribution < -0.4 is 5.73 Å². The summed E-state index contributed by atoms with van der Waals surface area (Å²) in [6.45, 7) is 0. The van der Waals surface area contributed by atoms with E-state index in [0.29, 0.717) is 11.3 Å². The second-order valence-electron chi connectivity index (χ2n) is 2.44. The zero-order chi connectivity index (χ0) is 9.84. The molecule has 0 aliphatic carbocycles. The molecule has 0 bridgehead atoms. The lowest BCUT2D eigenvalue weighted by Crippen LogP contribution is -2.07. The van der Waals surface area contributed by atoms with Crippen LogP contribution in [0.15, 0.2) is 16.9 Å². The lowest BCUT2D eigenvalue weighted by molar-refractivity contribution is -0.139. The Balaban J connectivity index is 2.93. The highest BCUT2D eigenvalue weighted by molar-refractivity contribution is 9.10. The van der Waals surface area contributed by atoms with Crippen molar-refractivity contribution in [3.8, 4) is 0 Å². The minimum atomic E-state index is -0.321. The summed E-state index contributed by atoms with van der Waals surface area (Å²) < 4.78 is 5.25. The number of esters is 1. The van der Waals surface area contributed by atoms with E-state index in [-0.39, 0.29) is 12.4 Å². The van der Waals surface area contributed by atoms with Gasteiger partial charge in [0.2, 0.25) is 0 Å². The van der Waals surface area contributed by atoms with E-state index in [1.54, 1.807) is 6.20 Å². The number of carbonyl (C=O) groups is 1. The minimum Gasteiger partial charge on any atom is -0.469 e. The first kappa shape index (κ1) is 9.98. The number of methoxy groups -OCH3 is 1. The Bertz CT molecular complexity index is 308. The number of nitrogens with zero attached hydrogens (tertiary/aromatic N) is 1. The van der Waals surface area contributed by atoms with E-state index < -0.39 is 0 Å². The molecule has 0 unspecified atom stereocenters. The molecule has 0 saturated carbocycles. The highest BCUT2D eigenvalue weighted by atomic mass is 79.9. The van der Waals surface area contributed by atoms with Crippen LogP contribution in [0.1, 0.15) is 5.56 Å². The first-order valence-electron chi connectivity index (χ1n) is 3.60. The summed E-state index contributed by atoms with van der Waals surface area (Å²) in [6.07, 6.45) is 3.25. The van der Waals surface area contributed by atoms with Crippen LogP contribution in [0.4, 0.5) is 5.69 Å². The van der Waals surface area contributed by atoms with E-state index in [1.807, 2.05) is 0 Å². The summed E-state index contributed by atoms with van der Waals surface area (Å²) in [7, 11) is 1.34. The van der Waals surface area contributed by atoms with Crippen molar-refractivity contribution in [3.05, 3.63) is 22.4 Å². The Hall–Kier alpha value is -1.10. The molecule has 0 amide bonds. The van der Waals surface area contributed by atoms with Gasteiger partial charge in [-0.1, -0.05) is 0 Å². The largest absolute Gasteiger partial charge is 0.469 e. The lowest BCUT2D eigenvalue weighted by atomic mass is 10.2. The summed E-state index contributed by atoms with van der Waals surface area (Å²) in [5, 5.41) is 0. The predicted molar refractivity (Wildman–Crippen MR) is 52.1 cm³/mol. The summed E-state index contributed by atoms with van der Waals surface area (Å²) in [5.41, 5.74) is 6.82. The van der Waals surface area contributed by atoms with Crippen molar-refractivity contribution < 1.29 is 9.53 Å². The number of pyridine rings is 1. The van der Waals surface area contributed by atoms with Gasteiger partial charge in [-0.05, 0) is 15.9 Å². The average molecular weight is 245 g/mol. The fraction of sp³-hybridized carbons (Fsp3) is 0.250. The molecule has 4 nitrogen and oxygen atoms in total. The van der Waals surface area contributed by atoms with Gasteiger partial charge in [-0.3, -0.25) is 9.78 Å². The van der Waals surface area contributed by atoms with Gasteiger partial charge < -0.3 is 10.5 Å².